The van der Waals surface area contributed by atoms with Gasteiger partial charge in [0.25, 0.3) is 0 Å². The van der Waals surface area contributed by atoms with E-state index in [9.17, 15) is 4.79 Å². The first kappa shape index (κ1) is 15.4. The van der Waals surface area contributed by atoms with E-state index >= 15 is 0 Å². The first-order valence-corrected chi connectivity index (χ1v) is 8.74. The van der Waals surface area contributed by atoms with Gasteiger partial charge in [-0.15, -0.1) is 11.3 Å². The maximum absolute atomic E-state index is 12.5. The lowest BCUT2D eigenvalue weighted by Gasteiger charge is -2.25. The minimum absolute atomic E-state index is 0.00234. The number of amides is 1. The molecule has 3 rings (SSSR count). The van der Waals surface area contributed by atoms with E-state index in [2.05, 4.69) is 11.1 Å². The Kier molecular flexibility index (Phi) is 4.45. The van der Waals surface area contributed by atoms with Gasteiger partial charge in [-0.25, -0.2) is 4.98 Å². The highest BCUT2D eigenvalue weighted by molar-refractivity contribution is 7.18. The van der Waals surface area contributed by atoms with Gasteiger partial charge < -0.3 is 10.6 Å². The molecule has 2 aromatic rings. The fourth-order valence-corrected chi connectivity index (χ4v) is 4.20. The largest absolute Gasteiger partial charge is 0.337 e. The zero-order valence-electron chi connectivity index (χ0n) is 13.2. The van der Waals surface area contributed by atoms with Gasteiger partial charge in [0.05, 0.1) is 16.3 Å². The highest BCUT2D eigenvalue weighted by Crippen LogP contribution is 2.31. The molecule has 4 nitrogen and oxygen atoms in total. The second-order valence-corrected chi connectivity index (χ2v) is 7.32. The minimum atomic E-state index is 0.00234. The second kappa shape index (κ2) is 6.34. The van der Waals surface area contributed by atoms with Crippen molar-refractivity contribution in [3.8, 4) is 0 Å². The molecule has 1 aliphatic carbocycles. The molecule has 2 N–H and O–H groups in total. The fraction of sp³-hybridized carbons (Fsp3) is 0.529. The lowest BCUT2D eigenvalue weighted by Crippen LogP contribution is -2.34. The van der Waals surface area contributed by atoms with Crippen LogP contribution in [0.25, 0.3) is 10.2 Å². The van der Waals surface area contributed by atoms with E-state index in [0.717, 1.165) is 29.8 Å². The molecule has 1 aliphatic rings. The van der Waals surface area contributed by atoms with Crippen molar-refractivity contribution in [1.29, 1.82) is 0 Å². The Morgan fingerprint density at radius 3 is 2.91 bits per heavy atom. The molecule has 1 aromatic carbocycles. The Morgan fingerprint density at radius 2 is 2.23 bits per heavy atom. The van der Waals surface area contributed by atoms with Crippen molar-refractivity contribution in [2.45, 2.75) is 44.7 Å². The molecule has 0 saturated heterocycles. The number of thiazole rings is 1. The zero-order chi connectivity index (χ0) is 15.7. The van der Waals surface area contributed by atoms with E-state index < -0.39 is 0 Å². The molecule has 3 atom stereocenters. The van der Waals surface area contributed by atoms with Crippen molar-refractivity contribution in [2.75, 3.05) is 7.05 Å². The zero-order valence-corrected chi connectivity index (χ0v) is 14.0. The van der Waals surface area contributed by atoms with Crippen molar-refractivity contribution in [1.82, 2.24) is 9.88 Å². The monoisotopic (exact) mass is 317 g/mol. The number of rotatable bonds is 4. The normalized spacial score (nSPS) is 22.9. The second-order valence-electron chi connectivity index (χ2n) is 6.26. The van der Waals surface area contributed by atoms with Crippen LogP contribution in [-0.2, 0) is 4.79 Å². The molecular formula is C17H23N3OS. The molecule has 0 radical (unpaired) electrons. The van der Waals surface area contributed by atoms with Crippen molar-refractivity contribution >= 4 is 27.5 Å². The first-order valence-electron chi connectivity index (χ1n) is 7.93. The number of carbonyl (C=O) groups is 1. The van der Waals surface area contributed by atoms with E-state index in [-0.39, 0.29) is 18.0 Å². The number of para-hydroxylation sites is 1. The van der Waals surface area contributed by atoms with Crippen LogP contribution >= 0.6 is 11.3 Å². The summed E-state index contributed by atoms with van der Waals surface area (Å²) >= 11 is 1.66. The molecule has 1 unspecified atom stereocenters. The number of benzene rings is 1. The van der Waals surface area contributed by atoms with Crippen molar-refractivity contribution < 1.29 is 4.79 Å². The third-order valence-electron chi connectivity index (χ3n) is 4.80. The summed E-state index contributed by atoms with van der Waals surface area (Å²) in [6.45, 7) is 2.05. The Labute approximate surface area is 135 Å². The number of carbonyl (C=O) groups excluding carboxylic acids is 1. The van der Waals surface area contributed by atoms with Crippen LogP contribution in [0.1, 0.15) is 43.7 Å². The first-order chi connectivity index (χ1) is 10.6. The predicted octanol–water partition coefficient (Wildman–Crippen LogP) is 3.33. The molecule has 1 heterocycles. The Morgan fingerprint density at radius 1 is 1.45 bits per heavy atom. The van der Waals surface area contributed by atoms with Crippen molar-refractivity contribution in [3.05, 3.63) is 29.3 Å². The van der Waals surface area contributed by atoms with Gasteiger partial charge in [-0.1, -0.05) is 18.6 Å². The average molecular weight is 317 g/mol. The van der Waals surface area contributed by atoms with Crippen LogP contribution in [-0.4, -0.2) is 28.9 Å². The van der Waals surface area contributed by atoms with Crippen LogP contribution in [0, 0.1) is 5.92 Å². The summed E-state index contributed by atoms with van der Waals surface area (Å²) in [6.07, 6.45) is 3.84. The molecule has 5 heteroatoms. The van der Waals surface area contributed by atoms with Crippen LogP contribution < -0.4 is 5.73 Å². The molecule has 0 bridgehead atoms. The molecule has 118 valence electrons. The van der Waals surface area contributed by atoms with Gasteiger partial charge >= 0.3 is 0 Å². The Bertz CT molecular complexity index is 636. The molecule has 1 aromatic heterocycles. The summed E-state index contributed by atoms with van der Waals surface area (Å²) in [6, 6.07) is 8.29. The van der Waals surface area contributed by atoms with E-state index in [1.807, 2.05) is 37.1 Å². The van der Waals surface area contributed by atoms with Crippen LogP contribution in [0.4, 0.5) is 0 Å². The lowest BCUT2D eigenvalue weighted by atomic mass is 9.99. The maximum atomic E-state index is 12.5. The number of nitrogens with two attached hydrogens (primary N) is 1. The summed E-state index contributed by atoms with van der Waals surface area (Å²) in [4.78, 5) is 19.0. The minimum Gasteiger partial charge on any atom is -0.337 e. The summed E-state index contributed by atoms with van der Waals surface area (Å²) in [5.41, 5.74) is 7.09. The Balaban J connectivity index is 1.70. The van der Waals surface area contributed by atoms with E-state index in [0.29, 0.717) is 12.3 Å². The number of hydrogen-bond acceptors (Lipinski definition) is 4. The van der Waals surface area contributed by atoms with Gasteiger partial charge in [-0.3, -0.25) is 4.79 Å². The topological polar surface area (TPSA) is 59.2 Å². The third-order valence-corrected chi connectivity index (χ3v) is 6.00. The number of aromatic nitrogens is 1. The van der Waals surface area contributed by atoms with Crippen LogP contribution in [0.5, 0.6) is 0 Å². The molecule has 0 spiro atoms. The number of hydrogen-bond donors (Lipinski definition) is 1. The summed E-state index contributed by atoms with van der Waals surface area (Å²) in [5, 5.41) is 0.993. The molecular weight excluding hydrogens is 294 g/mol. The molecule has 1 fully saturated rings. The van der Waals surface area contributed by atoms with Gasteiger partial charge in [0.15, 0.2) is 0 Å². The lowest BCUT2D eigenvalue weighted by molar-refractivity contribution is -0.132. The van der Waals surface area contributed by atoms with Crippen LogP contribution in [0.15, 0.2) is 24.3 Å². The highest BCUT2D eigenvalue weighted by atomic mass is 32.1. The van der Waals surface area contributed by atoms with Crippen LogP contribution in [0.2, 0.25) is 0 Å². The number of fused-ring (bicyclic) bond motifs is 1. The SMILES string of the molecule is CC(c1nc2ccccc2s1)N(C)C(=O)C[C@@H]1CCC[C@H]1N. The van der Waals surface area contributed by atoms with E-state index in [4.69, 9.17) is 5.73 Å². The number of nitrogens with zero attached hydrogens (tertiary/aromatic N) is 2. The summed E-state index contributed by atoms with van der Waals surface area (Å²) < 4.78 is 1.17. The van der Waals surface area contributed by atoms with E-state index in [1.165, 1.54) is 4.70 Å². The maximum Gasteiger partial charge on any atom is 0.223 e. The van der Waals surface area contributed by atoms with Crippen LogP contribution in [0.3, 0.4) is 0 Å². The molecule has 0 aliphatic heterocycles. The Hall–Kier alpha value is -1.46. The fourth-order valence-electron chi connectivity index (χ4n) is 3.14. The van der Waals surface area contributed by atoms with Gasteiger partial charge in [0, 0.05) is 19.5 Å². The van der Waals surface area contributed by atoms with Crippen molar-refractivity contribution in [3.63, 3.8) is 0 Å². The average Bonchev–Trinajstić information content (AvgIpc) is 3.12. The smallest absolute Gasteiger partial charge is 0.223 e. The van der Waals surface area contributed by atoms with Gasteiger partial charge in [0.2, 0.25) is 5.91 Å². The summed E-state index contributed by atoms with van der Waals surface area (Å²) in [5.74, 6) is 0.520. The molecule has 1 saturated carbocycles. The predicted molar refractivity (Wildman–Crippen MR) is 90.7 cm³/mol. The highest BCUT2D eigenvalue weighted by Gasteiger charge is 2.29. The van der Waals surface area contributed by atoms with Crippen molar-refractivity contribution in [2.24, 2.45) is 11.7 Å². The quantitative estimate of drug-likeness (QED) is 0.941. The standard InChI is InChI=1S/C17H23N3OS/c1-11(17-19-14-8-3-4-9-15(14)22-17)20(2)16(21)10-12-6-5-7-13(12)18/h3-4,8-9,11-13H,5-7,10,18H2,1-2H3/t11?,12-,13+/m0/s1. The van der Waals surface area contributed by atoms with Gasteiger partial charge in [0.1, 0.15) is 5.01 Å². The third kappa shape index (κ3) is 3.01. The molecule has 1 amide bonds. The van der Waals surface area contributed by atoms with Gasteiger partial charge in [-0.2, -0.15) is 0 Å². The van der Waals surface area contributed by atoms with E-state index in [1.54, 1.807) is 11.3 Å². The molecule has 22 heavy (non-hydrogen) atoms. The summed E-state index contributed by atoms with van der Waals surface area (Å²) in [7, 11) is 1.87. The van der Waals surface area contributed by atoms with Gasteiger partial charge in [-0.05, 0) is 37.8 Å².